The van der Waals surface area contributed by atoms with Crippen molar-refractivity contribution in [1.82, 2.24) is 9.97 Å². The van der Waals surface area contributed by atoms with Crippen LogP contribution in [0, 0.1) is 0 Å². The van der Waals surface area contributed by atoms with E-state index in [4.69, 9.17) is 0 Å². The molecule has 1 atom stereocenters. The standard InChI is InChI=1S/C15H28N4O/c1-5-8-15(4,20)11-17-14-10-13(16-9-6-2)18-12(7-3)19-14/h10,20H,5-9,11H2,1-4H3,(H2,16,17,18,19). The Labute approximate surface area is 122 Å². The smallest absolute Gasteiger partial charge is 0.132 e. The fourth-order valence-corrected chi connectivity index (χ4v) is 2.00. The van der Waals surface area contributed by atoms with E-state index in [-0.39, 0.29) is 0 Å². The number of aliphatic hydroxyl groups is 1. The number of nitrogens with one attached hydrogen (secondary N) is 2. The van der Waals surface area contributed by atoms with Crippen LogP contribution in [0.1, 0.15) is 52.8 Å². The van der Waals surface area contributed by atoms with Crippen LogP contribution in [0.5, 0.6) is 0 Å². The van der Waals surface area contributed by atoms with Crippen molar-refractivity contribution in [3.8, 4) is 0 Å². The number of aromatic nitrogens is 2. The molecule has 0 fully saturated rings. The summed E-state index contributed by atoms with van der Waals surface area (Å²) in [5.74, 6) is 2.42. The molecule has 20 heavy (non-hydrogen) atoms. The lowest BCUT2D eigenvalue weighted by Gasteiger charge is -2.23. The molecule has 0 amide bonds. The van der Waals surface area contributed by atoms with Crippen LogP contribution >= 0.6 is 0 Å². The van der Waals surface area contributed by atoms with E-state index in [2.05, 4.69) is 34.4 Å². The van der Waals surface area contributed by atoms with E-state index in [0.29, 0.717) is 6.54 Å². The van der Waals surface area contributed by atoms with Crippen molar-refractivity contribution in [2.75, 3.05) is 23.7 Å². The number of aryl methyl sites for hydroxylation is 1. The van der Waals surface area contributed by atoms with Crippen LogP contribution in [-0.2, 0) is 6.42 Å². The van der Waals surface area contributed by atoms with Gasteiger partial charge in [-0.3, -0.25) is 0 Å². The first-order chi connectivity index (χ1) is 9.50. The zero-order valence-electron chi connectivity index (χ0n) is 13.2. The Balaban J connectivity index is 2.73. The van der Waals surface area contributed by atoms with Crippen LogP contribution in [0.3, 0.4) is 0 Å². The second-order valence-corrected chi connectivity index (χ2v) is 5.44. The zero-order chi connectivity index (χ0) is 15.0. The van der Waals surface area contributed by atoms with Crippen LogP contribution < -0.4 is 10.6 Å². The molecule has 0 aromatic carbocycles. The maximum atomic E-state index is 10.2. The molecule has 0 bridgehead atoms. The van der Waals surface area contributed by atoms with Gasteiger partial charge in [0.15, 0.2) is 0 Å². The van der Waals surface area contributed by atoms with Gasteiger partial charge in [-0.2, -0.15) is 0 Å². The third kappa shape index (κ3) is 5.74. The molecule has 0 aliphatic rings. The topological polar surface area (TPSA) is 70.1 Å². The predicted molar refractivity (Wildman–Crippen MR) is 84.2 cm³/mol. The maximum Gasteiger partial charge on any atom is 0.132 e. The van der Waals surface area contributed by atoms with Gasteiger partial charge in [0.1, 0.15) is 17.5 Å². The first-order valence-corrected chi connectivity index (χ1v) is 7.58. The predicted octanol–water partition coefficient (Wildman–Crippen LogP) is 2.82. The molecule has 0 saturated heterocycles. The minimum absolute atomic E-state index is 0.494. The largest absolute Gasteiger partial charge is 0.388 e. The van der Waals surface area contributed by atoms with Gasteiger partial charge in [-0.05, 0) is 19.8 Å². The molecule has 1 rings (SSSR count). The van der Waals surface area contributed by atoms with Gasteiger partial charge in [-0.1, -0.05) is 27.2 Å². The molecule has 0 saturated carbocycles. The van der Waals surface area contributed by atoms with E-state index in [1.165, 1.54) is 0 Å². The third-order valence-electron chi connectivity index (χ3n) is 3.08. The average molecular weight is 280 g/mol. The molecule has 5 nitrogen and oxygen atoms in total. The van der Waals surface area contributed by atoms with Gasteiger partial charge in [0.25, 0.3) is 0 Å². The van der Waals surface area contributed by atoms with Gasteiger partial charge in [-0.25, -0.2) is 9.97 Å². The number of nitrogens with zero attached hydrogens (tertiary/aromatic N) is 2. The van der Waals surface area contributed by atoms with E-state index in [0.717, 1.165) is 49.7 Å². The van der Waals surface area contributed by atoms with Crippen LogP contribution in [-0.4, -0.2) is 33.8 Å². The molecule has 0 spiro atoms. The number of hydrogen-bond acceptors (Lipinski definition) is 5. The lowest BCUT2D eigenvalue weighted by molar-refractivity contribution is 0.0636. The minimum Gasteiger partial charge on any atom is -0.388 e. The van der Waals surface area contributed by atoms with Gasteiger partial charge < -0.3 is 15.7 Å². The minimum atomic E-state index is -0.705. The number of hydrogen-bond donors (Lipinski definition) is 3. The second-order valence-electron chi connectivity index (χ2n) is 5.44. The summed E-state index contributed by atoms with van der Waals surface area (Å²) < 4.78 is 0. The van der Waals surface area contributed by atoms with Crippen molar-refractivity contribution in [1.29, 1.82) is 0 Å². The molecule has 3 N–H and O–H groups in total. The van der Waals surface area contributed by atoms with Crippen LogP contribution in [0.2, 0.25) is 0 Å². The fourth-order valence-electron chi connectivity index (χ4n) is 2.00. The Morgan fingerprint density at radius 2 is 1.75 bits per heavy atom. The van der Waals surface area contributed by atoms with Gasteiger partial charge in [0.2, 0.25) is 0 Å². The molecular formula is C15H28N4O. The molecular weight excluding hydrogens is 252 g/mol. The van der Waals surface area contributed by atoms with Crippen molar-refractivity contribution < 1.29 is 5.11 Å². The first kappa shape index (κ1) is 16.7. The van der Waals surface area contributed by atoms with E-state index in [1.807, 2.05) is 19.9 Å². The van der Waals surface area contributed by atoms with Crippen LogP contribution in [0.4, 0.5) is 11.6 Å². The number of rotatable bonds is 9. The highest BCUT2D eigenvalue weighted by molar-refractivity contribution is 5.47. The van der Waals surface area contributed by atoms with Crippen LogP contribution in [0.25, 0.3) is 0 Å². The summed E-state index contributed by atoms with van der Waals surface area (Å²) in [5, 5.41) is 16.7. The van der Waals surface area contributed by atoms with Crippen molar-refractivity contribution in [2.45, 2.75) is 59.0 Å². The number of anilines is 2. The molecule has 0 radical (unpaired) electrons. The summed E-state index contributed by atoms with van der Waals surface area (Å²) in [6.45, 7) is 9.47. The normalized spacial score (nSPS) is 13.8. The van der Waals surface area contributed by atoms with E-state index in [9.17, 15) is 5.11 Å². The Morgan fingerprint density at radius 3 is 2.30 bits per heavy atom. The summed E-state index contributed by atoms with van der Waals surface area (Å²) in [6, 6.07) is 1.90. The van der Waals surface area contributed by atoms with Gasteiger partial charge >= 0.3 is 0 Å². The summed E-state index contributed by atoms with van der Waals surface area (Å²) in [6.07, 6.45) is 3.58. The van der Waals surface area contributed by atoms with Crippen molar-refractivity contribution >= 4 is 11.6 Å². The van der Waals surface area contributed by atoms with Crippen molar-refractivity contribution in [3.05, 3.63) is 11.9 Å². The monoisotopic (exact) mass is 280 g/mol. The second kappa shape index (κ2) is 8.04. The van der Waals surface area contributed by atoms with E-state index < -0.39 is 5.60 Å². The lowest BCUT2D eigenvalue weighted by Crippen LogP contribution is -2.33. The Bertz CT molecular complexity index is 407. The Morgan fingerprint density at radius 1 is 1.10 bits per heavy atom. The van der Waals surface area contributed by atoms with Gasteiger partial charge in [0.05, 0.1) is 5.60 Å². The van der Waals surface area contributed by atoms with Gasteiger partial charge in [-0.15, -0.1) is 0 Å². The molecule has 1 aromatic heterocycles. The average Bonchev–Trinajstić information content (AvgIpc) is 2.43. The molecule has 1 heterocycles. The maximum absolute atomic E-state index is 10.2. The third-order valence-corrected chi connectivity index (χ3v) is 3.08. The summed E-state index contributed by atoms with van der Waals surface area (Å²) in [4.78, 5) is 8.90. The highest BCUT2D eigenvalue weighted by atomic mass is 16.3. The lowest BCUT2D eigenvalue weighted by atomic mass is 10.0. The Kier molecular flexibility index (Phi) is 6.71. The van der Waals surface area contributed by atoms with Crippen molar-refractivity contribution in [3.63, 3.8) is 0 Å². The Hall–Kier alpha value is -1.36. The molecule has 0 aliphatic heterocycles. The van der Waals surface area contributed by atoms with E-state index in [1.54, 1.807) is 0 Å². The highest BCUT2D eigenvalue weighted by Crippen LogP contribution is 2.16. The molecule has 1 aromatic rings. The fraction of sp³-hybridized carbons (Fsp3) is 0.733. The summed E-state index contributed by atoms with van der Waals surface area (Å²) in [5.41, 5.74) is -0.705. The van der Waals surface area contributed by atoms with Gasteiger partial charge in [0, 0.05) is 25.6 Å². The summed E-state index contributed by atoms with van der Waals surface area (Å²) >= 11 is 0. The molecule has 1 unspecified atom stereocenters. The van der Waals surface area contributed by atoms with E-state index >= 15 is 0 Å². The summed E-state index contributed by atoms with van der Waals surface area (Å²) in [7, 11) is 0. The molecule has 5 heteroatoms. The highest BCUT2D eigenvalue weighted by Gasteiger charge is 2.19. The van der Waals surface area contributed by atoms with Crippen LogP contribution in [0.15, 0.2) is 6.07 Å². The molecule has 0 aliphatic carbocycles. The quantitative estimate of drug-likeness (QED) is 0.649. The molecule has 114 valence electrons. The van der Waals surface area contributed by atoms with Crippen molar-refractivity contribution in [2.24, 2.45) is 0 Å². The zero-order valence-corrected chi connectivity index (χ0v) is 13.2. The first-order valence-electron chi connectivity index (χ1n) is 7.58. The SMILES string of the molecule is CCCNc1cc(NCC(C)(O)CCC)nc(CC)n1.